The summed E-state index contributed by atoms with van der Waals surface area (Å²) < 4.78 is 0. The maximum absolute atomic E-state index is 9.72. The minimum absolute atomic E-state index is 0.150. The van der Waals surface area contributed by atoms with Gasteiger partial charge in [0.05, 0.1) is 17.0 Å². The third kappa shape index (κ3) is 2.55. The predicted molar refractivity (Wildman–Crippen MR) is 91.2 cm³/mol. The molecule has 2 fully saturated rings. The molecular weight excluding hydrogens is 335 g/mol. The highest BCUT2D eigenvalue weighted by atomic mass is 35.5. The Labute approximate surface area is 144 Å². The first-order chi connectivity index (χ1) is 11.0. The smallest absolute Gasteiger partial charge is 0.224 e. The molecule has 1 N–H and O–H groups in total. The van der Waals surface area contributed by atoms with Crippen LogP contribution in [0.25, 0.3) is 10.9 Å². The first-order valence-corrected chi connectivity index (χ1v) is 8.64. The Balaban J connectivity index is 1.78. The molecule has 7 heteroatoms. The number of aryl methyl sites for hydroxylation is 1. The molecule has 2 aromatic heterocycles. The SMILES string of the molecule is Cc1c(Cl)ncc2c(N3CCCC4(CC(O)C4)C3)nc(Cl)nc12. The van der Waals surface area contributed by atoms with Gasteiger partial charge in [0.15, 0.2) is 0 Å². The van der Waals surface area contributed by atoms with E-state index in [9.17, 15) is 5.11 Å². The van der Waals surface area contributed by atoms with Crippen molar-refractivity contribution < 1.29 is 5.11 Å². The molecule has 1 saturated heterocycles. The van der Waals surface area contributed by atoms with Crippen LogP contribution in [0, 0.1) is 12.3 Å². The summed E-state index contributed by atoms with van der Waals surface area (Å²) in [6, 6.07) is 0. The number of hydrogen-bond donors (Lipinski definition) is 1. The van der Waals surface area contributed by atoms with Gasteiger partial charge in [-0.15, -0.1) is 0 Å². The fourth-order valence-electron chi connectivity index (χ4n) is 4.05. The molecule has 0 radical (unpaired) electrons. The van der Waals surface area contributed by atoms with E-state index >= 15 is 0 Å². The summed E-state index contributed by atoms with van der Waals surface area (Å²) in [7, 11) is 0. The zero-order valence-corrected chi connectivity index (χ0v) is 14.4. The van der Waals surface area contributed by atoms with Gasteiger partial charge >= 0.3 is 0 Å². The summed E-state index contributed by atoms with van der Waals surface area (Å²) in [5.74, 6) is 0.827. The van der Waals surface area contributed by atoms with E-state index in [0.717, 1.165) is 54.6 Å². The topological polar surface area (TPSA) is 62.1 Å². The van der Waals surface area contributed by atoms with Gasteiger partial charge in [-0.25, -0.2) is 9.97 Å². The largest absolute Gasteiger partial charge is 0.393 e. The average Bonchev–Trinajstić information content (AvgIpc) is 2.50. The van der Waals surface area contributed by atoms with Crippen LogP contribution in [0.1, 0.15) is 31.2 Å². The van der Waals surface area contributed by atoms with Gasteiger partial charge in [0, 0.05) is 24.8 Å². The highest BCUT2D eigenvalue weighted by Crippen LogP contribution is 2.48. The summed E-state index contributed by atoms with van der Waals surface area (Å²) in [6.07, 6.45) is 5.60. The summed E-state index contributed by atoms with van der Waals surface area (Å²) in [6.45, 7) is 3.72. The minimum Gasteiger partial charge on any atom is -0.393 e. The quantitative estimate of drug-likeness (QED) is 0.629. The molecule has 3 heterocycles. The van der Waals surface area contributed by atoms with Crippen molar-refractivity contribution in [2.45, 2.75) is 38.7 Å². The Morgan fingerprint density at radius 3 is 2.83 bits per heavy atom. The van der Waals surface area contributed by atoms with Crippen LogP contribution in [0.5, 0.6) is 0 Å². The van der Waals surface area contributed by atoms with E-state index in [4.69, 9.17) is 23.2 Å². The lowest BCUT2D eigenvalue weighted by molar-refractivity contribution is -0.0396. The van der Waals surface area contributed by atoms with Gasteiger partial charge < -0.3 is 10.0 Å². The lowest BCUT2D eigenvalue weighted by atomic mass is 9.62. The van der Waals surface area contributed by atoms with Crippen molar-refractivity contribution in [3.05, 3.63) is 22.2 Å². The summed E-state index contributed by atoms with van der Waals surface area (Å²) in [5, 5.41) is 11.3. The van der Waals surface area contributed by atoms with Crippen LogP contribution >= 0.6 is 23.2 Å². The predicted octanol–water partition coefficient (Wildman–Crippen LogP) is 3.38. The van der Waals surface area contributed by atoms with E-state index in [1.54, 1.807) is 6.20 Å². The molecule has 0 unspecified atom stereocenters. The Morgan fingerprint density at radius 1 is 1.30 bits per heavy atom. The van der Waals surface area contributed by atoms with Gasteiger partial charge in [-0.2, -0.15) is 4.98 Å². The van der Waals surface area contributed by atoms with Crippen molar-refractivity contribution in [3.63, 3.8) is 0 Å². The molecule has 1 aliphatic heterocycles. The van der Waals surface area contributed by atoms with E-state index in [2.05, 4.69) is 19.9 Å². The zero-order valence-electron chi connectivity index (χ0n) is 12.9. The van der Waals surface area contributed by atoms with E-state index in [0.29, 0.717) is 5.15 Å². The normalized spacial score (nSPS) is 27.5. The molecule has 0 atom stereocenters. The molecule has 2 aliphatic rings. The van der Waals surface area contributed by atoms with Crippen LogP contribution in [0.15, 0.2) is 6.20 Å². The Bertz CT molecular complexity index is 771. The highest BCUT2D eigenvalue weighted by Gasteiger charge is 2.46. The molecule has 0 bridgehead atoms. The van der Waals surface area contributed by atoms with Crippen molar-refractivity contribution in [1.82, 2.24) is 15.0 Å². The Morgan fingerprint density at radius 2 is 2.09 bits per heavy atom. The van der Waals surface area contributed by atoms with Crippen LogP contribution in [0.2, 0.25) is 10.4 Å². The number of nitrogens with zero attached hydrogens (tertiary/aromatic N) is 4. The average molecular weight is 353 g/mol. The maximum atomic E-state index is 9.72. The molecule has 1 spiro atoms. The summed E-state index contributed by atoms with van der Waals surface area (Å²) in [4.78, 5) is 15.3. The second-order valence-corrected chi connectivity index (χ2v) is 7.54. The van der Waals surface area contributed by atoms with Crippen molar-refractivity contribution in [3.8, 4) is 0 Å². The molecule has 1 aliphatic carbocycles. The molecule has 4 rings (SSSR count). The van der Waals surface area contributed by atoms with Crippen molar-refractivity contribution >= 4 is 39.9 Å². The van der Waals surface area contributed by atoms with Crippen LogP contribution in [-0.4, -0.2) is 39.3 Å². The third-order valence-corrected chi connectivity index (χ3v) is 5.72. The lowest BCUT2D eigenvalue weighted by Gasteiger charge is -2.51. The molecule has 23 heavy (non-hydrogen) atoms. The number of rotatable bonds is 1. The van der Waals surface area contributed by atoms with Crippen LogP contribution in [-0.2, 0) is 0 Å². The standard InChI is InChI=1S/C16H18Cl2N4O/c1-9-12-11(7-19-13(9)17)14(21-15(18)20-12)22-4-2-3-16(8-22)5-10(23)6-16/h7,10,23H,2-6,8H2,1H3. The fourth-order valence-corrected chi connectivity index (χ4v) is 4.36. The Kier molecular flexibility index (Phi) is 3.63. The van der Waals surface area contributed by atoms with Crippen molar-refractivity contribution in [1.29, 1.82) is 0 Å². The van der Waals surface area contributed by atoms with Gasteiger partial charge in [-0.05, 0) is 49.6 Å². The first kappa shape index (κ1) is 15.4. The lowest BCUT2D eigenvalue weighted by Crippen LogP contribution is -2.52. The minimum atomic E-state index is -0.150. The van der Waals surface area contributed by atoms with Crippen molar-refractivity contribution in [2.75, 3.05) is 18.0 Å². The number of aliphatic hydroxyl groups is 1. The van der Waals surface area contributed by atoms with E-state index < -0.39 is 0 Å². The monoisotopic (exact) mass is 352 g/mol. The van der Waals surface area contributed by atoms with Crippen LogP contribution < -0.4 is 4.90 Å². The number of piperidine rings is 1. The molecule has 122 valence electrons. The summed E-state index contributed by atoms with van der Waals surface area (Å²) >= 11 is 12.3. The summed E-state index contributed by atoms with van der Waals surface area (Å²) in [5.41, 5.74) is 1.80. The number of aliphatic hydroxyl groups excluding tert-OH is 1. The van der Waals surface area contributed by atoms with E-state index in [1.165, 1.54) is 6.42 Å². The van der Waals surface area contributed by atoms with Gasteiger partial charge in [-0.1, -0.05) is 11.6 Å². The fraction of sp³-hybridized carbons (Fsp3) is 0.562. The van der Waals surface area contributed by atoms with Gasteiger partial charge in [0.2, 0.25) is 5.28 Å². The van der Waals surface area contributed by atoms with E-state index in [-0.39, 0.29) is 16.8 Å². The molecule has 1 saturated carbocycles. The molecule has 2 aromatic rings. The maximum Gasteiger partial charge on any atom is 0.224 e. The van der Waals surface area contributed by atoms with Gasteiger partial charge in [0.1, 0.15) is 11.0 Å². The number of pyridine rings is 1. The second-order valence-electron chi connectivity index (χ2n) is 6.84. The van der Waals surface area contributed by atoms with Crippen molar-refractivity contribution in [2.24, 2.45) is 5.41 Å². The highest BCUT2D eigenvalue weighted by molar-refractivity contribution is 6.31. The number of fused-ring (bicyclic) bond motifs is 1. The number of halogens is 2. The molecule has 0 amide bonds. The first-order valence-electron chi connectivity index (χ1n) is 7.89. The van der Waals surface area contributed by atoms with Crippen LogP contribution in [0.4, 0.5) is 5.82 Å². The second kappa shape index (κ2) is 5.43. The van der Waals surface area contributed by atoms with E-state index in [1.807, 2.05) is 6.92 Å². The van der Waals surface area contributed by atoms with Gasteiger partial charge in [0.25, 0.3) is 0 Å². The zero-order chi connectivity index (χ0) is 16.2. The molecule has 5 nitrogen and oxygen atoms in total. The van der Waals surface area contributed by atoms with Crippen LogP contribution in [0.3, 0.4) is 0 Å². The number of anilines is 1. The number of hydrogen-bond acceptors (Lipinski definition) is 5. The Hall–Kier alpha value is -1.17. The van der Waals surface area contributed by atoms with Gasteiger partial charge in [-0.3, -0.25) is 0 Å². The third-order valence-electron chi connectivity index (χ3n) is 5.17. The number of aromatic nitrogens is 3. The molecule has 0 aromatic carbocycles. The molecular formula is C16H18Cl2N4O.